The van der Waals surface area contributed by atoms with Gasteiger partial charge in [0.25, 0.3) is 0 Å². The molecule has 2 heterocycles. The number of nitrogens with one attached hydrogen (secondary N) is 1. The van der Waals surface area contributed by atoms with E-state index in [4.69, 9.17) is 4.74 Å². The summed E-state index contributed by atoms with van der Waals surface area (Å²) in [6.07, 6.45) is 1.15. The minimum atomic E-state index is -0.347. The second kappa shape index (κ2) is 11.5. The first-order valence-corrected chi connectivity index (χ1v) is 13.0. The second-order valence-corrected chi connectivity index (χ2v) is 10.1. The number of thiophene rings is 1. The molecule has 0 spiro atoms. The fourth-order valence-electron chi connectivity index (χ4n) is 3.91. The molecule has 1 N–H and O–H groups in total. The van der Waals surface area contributed by atoms with Crippen LogP contribution in [0, 0.1) is 0 Å². The van der Waals surface area contributed by atoms with E-state index < -0.39 is 0 Å². The van der Waals surface area contributed by atoms with E-state index in [1.54, 1.807) is 18.7 Å². The number of nitrogens with zero attached hydrogens (tertiary/aromatic N) is 1. The van der Waals surface area contributed by atoms with E-state index in [0.717, 1.165) is 41.4 Å². The van der Waals surface area contributed by atoms with Crippen LogP contribution in [0.2, 0.25) is 0 Å². The number of hydrogen-bond donors (Lipinski definition) is 1. The maximum absolute atomic E-state index is 12.8. The van der Waals surface area contributed by atoms with Crippen molar-refractivity contribution >= 4 is 40.0 Å². The van der Waals surface area contributed by atoms with Crippen molar-refractivity contribution in [3.8, 4) is 0 Å². The zero-order valence-electron chi connectivity index (χ0n) is 18.7. The predicted octanol–water partition coefficient (Wildman–Crippen LogP) is 5.60. The molecular formula is C26H28N2O3S2. The van der Waals surface area contributed by atoms with Gasteiger partial charge in [-0.1, -0.05) is 48.5 Å². The summed E-state index contributed by atoms with van der Waals surface area (Å²) in [5.74, 6) is 0.254. The highest BCUT2D eigenvalue weighted by Gasteiger charge is 2.29. The maximum Gasteiger partial charge on any atom is 0.341 e. The number of thioether (sulfide) groups is 1. The Morgan fingerprint density at radius 3 is 2.55 bits per heavy atom. The molecule has 33 heavy (non-hydrogen) atoms. The first-order valence-electron chi connectivity index (χ1n) is 11.2. The average molecular weight is 481 g/mol. The largest absolute Gasteiger partial charge is 0.462 e. The van der Waals surface area contributed by atoms with Crippen LogP contribution >= 0.6 is 23.1 Å². The summed E-state index contributed by atoms with van der Waals surface area (Å²) in [5.41, 5.74) is 2.84. The number of rotatable bonds is 9. The SMILES string of the molecule is CCOC(=O)c1c(NC(=O)CCSc2ccccc2)sc2c1CCN(Cc1ccccc1)C2. The minimum Gasteiger partial charge on any atom is -0.462 e. The van der Waals surface area contributed by atoms with Crippen molar-refractivity contribution in [1.29, 1.82) is 0 Å². The van der Waals surface area contributed by atoms with Gasteiger partial charge in [-0.2, -0.15) is 0 Å². The molecule has 1 aromatic heterocycles. The predicted molar refractivity (Wildman–Crippen MR) is 135 cm³/mol. The van der Waals surface area contributed by atoms with Crippen LogP contribution in [0.1, 0.15) is 39.7 Å². The van der Waals surface area contributed by atoms with Crippen molar-refractivity contribution in [3.63, 3.8) is 0 Å². The normalized spacial score (nSPS) is 13.4. The van der Waals surface area contributed by atoms with Gasteiger partial charge in [0, 0.05) is 41.6 Å². The van der Waals surface area contributed by atoms with E-state index in [-0.39, 0.29) is 11.9 Å². The number of hydrogen-bond acceptors (Lipinski definition) is 6. The summed E-state index contributed by atoms with van der Waals surface area (Å²) < 4.78 is 5.33. The Kier molecular flexibility index (Phi) is 8.20. The smallest absolute Gasteiger partial charge is 0.341 e. The molecule has 0 atom stereocenters. The molecule has 3 aromatic rings. The third-order valence-electron chi connectivity index (χ3n) is 5.46. The molecule has 4 rings (SSSR count). The van der Waals surface area contributed by atoms with Gasteiger partial charge in [0.2, 0.25) is 5.91 Å². The highest BCUT2D eigenvalue weighted by atomic mass is 32.2. The molecule has 0 saturated carbocycles. The highest BCUT2D eigenvalue weighted by molar-refractivity contribution is 7.99. The van der Waals surface area contributed by atoms with Gasteiger partial charge in [0.05, 0.1) is 12.2 Å². The number of fused-ring (bicyclic) bond motifs is 1. The summed E-state index contributed by atoms with van der Waals surface area (Å²) in [6.45, 7) is 4.61. The molecule has 0 aliphatic carbocycles. The lowest BCUT2D eigenvalue weighted by atomic mass is 10.0. The average Bonchev–Trinajstić information content (AvgIpc) is 3.17. The lowest BCUT2D eigenvalue weighted by Gasteiger charge is -2.27. The second-order valence-electron chi connectivity index (χ2n) is 7.83. The van der Waals surface area contributed by atoms with Gasteiger partial charge < -0.3 is 10.1 Å². The molecule has 172 valence electrons. The molecule has 1 aliphatic rings. The Morgan fingerprint density at radius 1 is 1.09 bits per heavy atom. The van der Waals surface area contributed by atoms with Crippen LogP contribution in [0.5, 0.6) is 0 Å². The summed E-state index contributed by atoms with van der Waals surface area (Å²) in [6, 6.07) is 20.4. The van der Waals surface area contributed by atoms with E-state index in [1.807, 2.05) is 36.4 Å². The van der Waals surface area contributed by atoms with Gasteiger partial charge in [-0.3, -0.25) is 9.69 Å². The van der Waals surface area contributed by atoms with Gasteiger partial charge in [-0.25, -0.2) is 4.79 Å². The van der Waals surface area contributed by atoms with E-state index in [2.05, 4.69) is 34.5 Å². The number of amides is 1. The molecule has 0 fully saturated rings. The zero-order chi connectivity index (χ0) is 23.0. The lowest BCUT2D eigenvalue weighted by Crippen LogP contribution is -2.29. The molecule has 2 aromatic carbocycles. The molecule has 0 saturated heterocycles. The quantitative estimate of drug-likeness (QED) is 0.319. The molecule has 1 amide bonds. The molecule has 7 heteroatoms. The Balaban J connectivity index is 1.44. The molecule has 5 nitrogen and oxygen atoms in total. The third kappa shape index (κ3) is 6.25. The van der Waals surface area contributed by atoms with E-state index in [9.17, 15) is 9.59 Å². The van der Waals surface area contributed by atoms with Gasteiger partial charge in [0.1, 0.15) is 5.00 Å². The number of ether oxygens (including phenoxy) is 1. The van der Waals surface area contributed by atoms with E-state index >= 15 is 0 Å². The van der Waals surface area contributed by atoms with Crippen molar-refractivity contribution in [2.24, 2.45) is 0 Å². The van der Waals surface area contributed by atoms with Gasteiger partial charge in [-0.15, -0.1) is 23.1 Å². The van der Waals surface area contributed by atoms with Crippen LogP contribution in [0.25, 0.3) is 0 Å². The fraction of sp³-hybridized carbons (Fsp3) is 0.308. The molecule has 0 unspecified atom stereocenters. The molecule has 0 bridgehead atoms. The monoisotopic (exact) mass is 480 g/mol. The van der Waals surface area contributed by atoms with Crippen LogP contribution in [0.3, 0.4) is 0 Å². The third-order valence-corrected chi connectivity index (χ3v) is 7.60. The molecular weight excluding hydrogens is 452 g/mol. The van der Waals surface area contributed by atoms with Gasteiger partial charge in [-0.05, 0) is 36.6 Å². The number of esters is 1. The Hall–Kier alpha value is -2.61. The maximum atomic E-state index is 12.8. The number of benzene rings is 2. The van der Waals surface area contributed by atoms with Crippen LogP contribution in [-0.2, 0) is 29.0 Å². The van der Waals surface area contributed by atoms with Crippen molar-refractivity contribution in [2.75, 3.05) is 24.2 Å². The summed E-state index contributed by atoms with van der Waals surface area (Å²) in [7, 11) is 0. The zero-order valence-corrected chi connectivity index (χ0v) is 20.3. The Morgan fingerprint density at radius 2 is 1.82 bits per heavy atom. The van der Waals surface area contributed by atoms with Gasteiger partial charge in [0.15, 0.2) is 0 Å². The molecule has 0 radical (unpaired) electrons. The number of anilines is 1. The lowest BCUT2D eigenvalue weighted by molar-refractivity contribution is -0.115. The number of carbonyl (C=O) groups is 2. The van der Waals surface area contributed by atoms with Crippen LogP contribution < -0.4 is 5.32 Å². The van der Waals surface area contributed by atoms with Crippen molar-refractivity contribution in [1.82, 2.24) is 4.90 Å². The Bertz CT molecular complexity index is 1080. The summed E-state index contributed by atoms with van der Waals surface area (Å²) in [4.78, 5) is 30.1. The first-order chi connectivity index (χ1) is 16.1. The van der Waals surface area contributed by atoms with Crippen LogP contribution in [0.4, 0.5) is 5.00 Å². The van der Waals surface area contributed by atoms with E-state index in [1.165, 1.54) is 16.9 Å². The fourth-order valence-corrected chi connectivity index (χ4v) is 6.07. The first kappa shape index (κ1) is 23.5. The van der Waals surface area contributed by atoms with Gasteiger partial charge >= 0.3 is 5.97 Å². The van der Waals surface area contributed by atoms with Crippen LogP contribution in [0.15, 0.2) is 65.6 Å². The number of carbonyl (C=O) groups excluding carboxylic acids is 2. The van der Waals surface area contributed by atoms with Crippen molar-refractivity contribution < 1.29 is 14.3 Å². The highest BCUT2D eigenvalue weighted by Crippen LogP contribution is 2.38. The molecule has 1 aliphatic heterocycles. The van der Waals surface area contributed by atoms with Crippen LogP contribution in [-0.4, -0.2) is 35.7 Å². The topological polar surface area (TPSA) is 58.6 Å². The summed E-state index contributed by atoms with van der Waals surface area (Å²) >= 11 is 3.16. The summed E-state index contributed by atoms with van der Waals surface area (Å²) in [5, 5.41) is 3.62. The standard InChI is InChI=1S/C26H28N2O3S2/c1-2-31-26(30)24-21-13-15-28(17-19-9-5-3-6-10-19)18-22(21)33-25(24)27-23(29)14-16-32-20-11-7-4-8-12-20/h3-12H,2,13-18H2,1H3,(H,27,29). The minimum absolute atomic E-state index is 0.0799. The van der Waals surface area contributed by atoms with Crippen molar-refractivity contribution in [2.45, 2.75) is 37.8 Å². The van der Waals surface area contributed by atoms with E-state index in [0.29, 0.717) is 29.3 Å². The van der Waals surface area contributed by atoms with Crippen molar-refractivity contribution in [3.05, 3.63) is 82.2 Å². The Labute approximate surface area is 203 Å².